The van der Waals surface area contributed by atoms with Gasteiger partial charge < -0.3 is 4.52 Å². The first kappa shape index (κ1) is 15.9. The van der Waals surface area contributed by atoms with Crippen molar-refractivity contribution in [3.05, 3.63) is 46.1 Å². The molecule has 0 spiro atoms. The fraction of sp³-hybridized carbons (Fsp3) is 0.308. The van der Waals surface area contributed by atoms with Crippen LogP contribution in [-0.4, -0.2) is 20.1 Å². The van der Waals surface area contributed by atoms with E-state index in [2.05, 4.69) is 9.88 Å². The van der Waals surface area contributed by atoms with E-state index in [0.29, 0.717) is 10.6 Å². The van der Waals surface area contributed by atoms with E-state index in [0.717, 1.165) is 0 Å². The molecular weight excluding hydrogens is 319 g/mol. The minimum atomic E-state index is -3.73. The molecule has 0 aliphatic rings. The van der Waals surface area contributed by atoms with Crippen LogP contribution in [-0.2, 0) is 16.4 Å². The summed E-state index contributed by atoms with van der Waals surface area (Å²) in [6.45, 7) is 3.11. The molecule has 0 saturated heterocycles. The van der Waals surface area contributed by atoms with Crippen molar-refractivity contribution in [3.63, 3.8) is 0 Å². The Balaban J connectivity index is 2.08. The van der Waals surface area contributed by atoms with Crippen molar-refractivity contribution in [2.75, 3.05) is 6.54 Å². The molecule has 0 amide bonds. The lowest BCUT2D eigenvalue weighted by Crippen LogP contribution is -2.27. The van der Waals surface area contributed by atoms with Gasteiger partial charge in [0.1, 0.15) is 16.4 Å². The van der Waals surface area contributed by atoms with Gasteiger partial charge in [0.05, 0.1) is 0 Å². The number of aromatic nitrogens is 1. The highest BCUT2D eigenvalue weighted by Gasteiger charge is 2.23. The van der Waals surface area contributed by atoms with Crippen LogP contribution in [0.3, 0.4) is 0 Å². The fourth-order valence-corrected chi connectivity index (χ4v) is 3.54. The lowest BCUT2D eigenvalue weighted by atomic mass is 10.1. The van der Waals surface area contributed by atoms with Crippen molar-refractivity contribution >= 4 is 21.6 Å². The lowest BCUT2D eigenvalue weighted by molar-refractivity contribution is 0.390. The third kappa shape index (κ3) is 3.61. The molecule has 0 radical (unpaired) electrons. The van der Waals surface area contributed by atoms with E-state index in [-0.39, 0.29) is 29.3 Å². The zero-order valence-electron chi connectivity index (χ0n) is 11.5. The molecule has 8 heteroatoms. The summed E-state index contributed by atoms with van der Waals surface area (Å²) in [5.74, 6) is -0.204. The Morgan fingerprint density at radius 1 is 1.38 bits per heavy atom. The molecule has 1 aromatic carbocycles. The minimum Gasteiger partial charge on any atom is -0.360 e. The predicted molar refractivity (Wildman–Crippen MR) is 76.3 cm³/mol. The average Bonchev–Trinajstić information content (AvgIpc) is 2.73. The van der Waals surface area contributed by atoms with E-state index >= 15 is 0 Å². The summed E-state index contributed by atoms with van der Waals surface area (Å²) in [5, 5.41) is 4.01. The second kappa shape index (κ2) is 6.13. The molecule has 114 valence electrons. The van der Waals surface area contributed by atoms with Crippen LogP contribution in [0.2, 0.25) is 5.02 Å². The van der Waals surface area contributed by atoms with E-state index in [9.17, 15) is 12.8 Å². The first-order valence-electron chi connectivity index (χ1n) is 6.17. The molecule has 0 saturated carbocycles. The average molecular weight is 333 g/mol. The van der Waals surface area contributed by atoms with Crippen LogP contribution in [0, 0.1) is 19.7 Å². The number of nitrogens with zero attached hydrogens (tertiary/aromatic N) is 1. The Labute approximate surface area is 127 Å². The van der Waals surface area contributed by atoms with Gasteiger partial charge in [0.2, 0.25) is 10.0 Å². The minimum absolute atomic E-state index is 0.0223. The molecule has 1 N–H and O–H groups in total. The smallest absolute Gasteiger partial charge is 0.245 e. The van der Waals surface area contributed by atoms with Crippen LogP contribution in [0.25, 0.3) is 0 Å². The summed E-state index contributed by atoms with van der Waals surface area (Å²) >= 11 is 5.78. The SMILES string of the molecule is Cc1noc(C)c1S(=O)(=O)NCCc1cc(Cl)ccc1F. The first-order chi connectivity index (χ1) is 9.81. The van der Waals surface area contributed by atoms with Crippen molar-refractivity contribution < 1.29 is 17.3 Å². The normalized spacial score (nSPS) is 11.8. The molecule has 1 aromatic heterocycles. The van der Waals surface area contributed by atoms with Crippen LogP contribution in [0.15, 0.2) is 27.6 Å². The quantitative estimate of drug-likeness (QED) is 0.913. The lowest BCUT2D eigenvalue weighted by Gasteiger charge is -2.07. The summed E-state index contributed by atoms with van der Waals surface area (Å²) in [4.78, 5) is 0.0223. The first-order valence-corrected chi connectivity index (χ1v) is 8.04. The van der Waals surface area contributed by atoms with Gasteiger partial charge in [0.15, 0.2) is 5.76 Å². The summed E-state index contributed by atoms with van der Waals surface area (Å²) in [6, 6.07) is 4.16. The second-order valence-corrected chi connectivity index (χ2v) is 6.68. The number of hydrogen-bond donors (Lipinski definition) is 1. The monoisotopic (exact) mass is 332 g/mol. The van der Waals surface area contributed by atoms with Crippen molar-refractivity contribution in [2.45, 2.75) is 25.2 Å². The van der Waals surface area contributed by atoms with Crippen molar-refractivity contribution in [2.24, 2.45) is 0 Å². The maximum atomic E-state index is 13.5. The topological polar surface area (TPSA) is 72.2 Å². The van der Waals surface area contributed by atoms with Crippen LogP contribution in [0.4, 0.5) is 4.39 Å². The van der Waals surface area contributed by atoms with Crippen molar-refractivity contribution in [1.82, 2.24) is 9.88 Å². The molecule has 5 nitrogen and oxygen atoms in total. The Kier molecular flexibility index (Phi) is 4.65. The molecule has 21 heavy (non-hydrogen) atoms. The van der Waals surface area contributed by atoms with Crippen LogP contribution < -0.4 is 4.72 Å². The Morgan fingerprint density at radius 2 is 2.10 bits per heavy atom. The number of sulfonamides is 1. The van der Waals surface area contributed by atoms with E-state index in [1.54, 1.807) is 6.92 Å². The second-order valence-electron chi connectivity index (χ2n) is 4.54. The Hall–Kier alpha value is -1.44. The van der Waals surface area contributed by atoms with E-state index in [4.69, 9.17) is 16.1 Å². The summed E-state index contributed by atoms with van der Waals surface area (Å²) in [6.07, 6.45) is 0.189. The van der Waals surface area contributed by atoms with Gasteiger partial charge in [-0.3, -0.25) is 0 Å². The molecule has 0 aliphatic heterocycles. The molecular formula is C13H14ClFN2O3S. The highest BCUT2D eigenvalue weighted by molar-refractivity contribution is 7.89. The standard InChI is InChI=1S/C13H14ClFN2O3S/c1-8-13(9(2)20-17-8)21(18,19)16-6-5-10-7-11(14)3-4-12(10)15/h3-4,7,16H,5-6H2,1-2H3. The highest BCUT2D eigenvalue weighted by Crippen LogP contribution is 2.19. The zero-order chi connectivity index (χ0) is 15.6. The van der Waals surface area contributed by atoms with Crippen LogP contribution >= 0.6 is 11.6 Å². The largest absolute Gasteiger partial charge is 0.360 e. The van der Waals surface area contributed by atoms with E-state index < -0.39 is 15.8 Å². The molecule has 2 aromatic rings. The van der Waals surface area contributed by atoms with Gasteiger partial charge in [0, 0.05) is 11.6 Å². The van der Waals surface area contributed by atoms with Crippen LogP contribution in [0.5, 0.6) is 0 Å². The summed E-state index contributed by atoms with van der Waals surface area (Å²) < 4.78 is 45.1. The van der Waals surface area contributed by atoms with Gasteiger partial charge in [-0.1, -0.05) is 16.8 Å². The number of benzene rings is 1. The molecule has 0 unspecified atom stereocenters. The Bertz CT molecular complexity index is 739. The number of aryl methyl sites for hydroxylation is 2. The van der Waals surface area contributed by atoms with Gasteiger partial charge in [-0.05, 0) is 44.0 Å². The fourth-order valence-electron chi connectivity index (χ4n) is 1.99. The zero-order valence-corrected chi connectivity index (χ0v) is 13.1. The van der Waals surface area contributed by atoms with E-state index in [1.807, 2.05) is 0 Å². The molecule has 0 bridgehead atoms. The molecule has 0 atom stereocenters. The molecule has 0 aliphatic carbocycles. The van der Waals surface area contributed by atoms with E-state index in [1.165, 1.54) is 25.1 Å². The van der Waals surface area contributed by atoms with Gasteiger partial charge in [-0.15, -0.1) is 0 Å². The Morgan fingerprint density at radius 3 is 2.71 bits per heavy atom. The van der Waals surface area contributed by atoms with Crippen LogP contribution in [0.1, 0.15) is 17.0 Å². The third-order valence-electron chi connectivity index (χ3n) is 2.93. The number of rotatable bonds is 5. The molecule has 2 rings (SSSR count). The van der Waals surface area contributed by atoms with Gasteiger partial charge >= 0.3 is 0 Å². The predicted octanol–water partition coefficient (Wildman–Crippen LogP) is 2.60. The maximum Gasteiger partial charge on any atom is 0.245 e. The van der Waals surface area contributed by atoms with Gasteiger partial charge in [0.25, 0.3) is 0 Å². The molecule has 1 heterocycles. The maximum absolute atomic E-state index is 13.5. The number of nitrogens with one attached hydrogen (secondary N) is 1. The number of halogens is 2. The summed E-state index contributed by atoms with van der Waals surface area (Å²) in [5.41, 5.74) is 0.637. The molecule has 0 fully saturated rings. The van der Waals surface area contributed by atoms with Crippen molar-refractivity contribution in [1.29, 1.82) is 0 Å². The third-order valence-corrected chi connectivity index (χ3v) is 4.87. The number of hydrogen-bond acceptors (Lipinski definition) is 4. The highest BCUT2D eigenvalue weighted by atomic mass is 35.5. The van der Waals surface area contributed by atoms with Gasteiger partial charge in [-0.25, -0.2) is 17.5 Å². The van der Waals surface area contributed by atoms with Gasteiger partial charge in [-0.2, -0.15) is 0 Å². The summed E-state index contributed by atoms with van der Waals surface area (Å²) in [7, 11) is -3.73. The van der Waals surface area contributed by atoms with Crippen molar-refractivity contribution in [3.8, 4) is 0 Å².